The van der Waals surface area contributed by atoms with Crippen molar-refractivity contribution in [1.29, 1.82) is 0 Å². The zero-order valence-electron chi connectivity index (χ0n) is 11.8. The highest BCUT2D eigenvalue weighted by Crippen LogP contribution is 2.32. The van der Waals surface area contributed by atoms with Gasteiger partial charge in [0.1, 0.15) is 5.69 Å². The van der Waals surface area contributed by atoms with Gasteiger partial charge in [-0.3, -0.25) is 4.90 Å². The number of piperazine rings is 1. The summed E-state index contributed by atoms with van der Waals surface area (Å²) in [4.78, 5) is 4.33. The van der Waals surface area contributed by atoms with Crippen LogP contribution in [-0.2, 0) is 0 Å². The van der Waals surface area contributed by atoms with Crippen LogP contribution in [0, 0.1) is 11.6 Å². The summed E-state index contributed by atoms with van der Waals surface area (Å²) >= 11 is 0. The van der Waals surface area contributed by atoms with Gasteiger partial charge in [0, 0.05) is 30.9 Å². The van der Waals surface area contributed by atoms with Gasteiger partial charge in [0.15, 0.2) is 11.6 Å². The van der Waals surface area contributed by atoms with Gasteiger partial charge in [0.25, 0.3) is 0 Å². The van der Waals surface area contributed by atoms with Crippen molar-refractivity contribution in [1.82, 2.24) is 4.90 Å². The average Bonchev–Trinajstić information content (AvgIpc) is 2.38. The molecule has 0 spiro atoms. The molecule has 2 aliphatic heterocycles. The van der Waals surface area contributed by atoms with Crippen LogP contribution in [-0.4, -0.2) is 36.6 Å². The smallest absolute Gasteiger partial charge is 0.151 e. The van der Waals surface area contributed by atoms with E-state index in [2.05, 4.69) is 4.90 Å². The van der Waals surface area contributed by atoms with Crippen LogP contribution in [0.3, 0.4) is 0 Å². The number of rotatable bonds is 1. The first-order valence-electron chi connectivity index (χ1n) is 7.31. The molecule has 1 aromatic carbocycles. The largest absolute Gasteiger partial charge is 0.399 e. The van der Waals surface area contributed by atoms with Crippen molar-refractivity contribution in [2.45, 2.75) is 38.3 Å². The van der Waals surface area contributed by atoms with Crippen LogP contribution in [0.25, 0.3) is 0 Å². The highest BCUT2D eigenvalue weighted by atomic mass is 19.1. The van der Waals surface area contributed by atoms with Gasteiger partial charge in [0.05, 0.1) is 0 Å². The maximum absolute atomic E-state index is 14.1. The number of hydrogen-bond donors (Lipinski definition) is 1. The van der Waals surface area contributed by atoms with Gasteiger partial charge in [-0.05, 0) is 38.4 Å². The minimum atomic E-state index is -0.557. The molecule has 0 amide bonds. The Bertz CT molecular complexity index is 483. The van der Waals surface area contributed by atoms with E-state index in [0.717, 1.165) is 19.5 Å². The Balaban J connectivity index is 1.90. The molecule has 2 N–H and O–H groups in total. The molecule has 0 aromatic heterocycles. The van der Waals surface area contributed by atoms with E-state index in [1.807, 2.05) is 11.8 Å². The number of nitrogen functional groups attached to an aromatic ring is 1. The Kier molecular flexibility index (Phi) is 3.54. The van der Waals surface area contributed by atoms with Gasteiger partial charge >= 0.3 is 0 Å². The van der Waals surface area contributed by atoms with Crippen LogP contribution in [0.5, 0.6) is 0 Å². The lowest BCUT2D eigenvalue weighted by Crippen LogP contribution is -2.59. The van der Waals surface area contributed by atoms with Crippen LogP contribution in [0.1, 0.15) is 26.2 Å². The highest BCUT2D eigenvalue weighted by Gasteiger charge is 2.35. The van der Waals surface area contributed by atoms with E-state index in [0.29, 0.717) is 12.6 Å². The summed E-state index contributed by atoms with van der Waals surface area (Å²) in [6, 6.07) is 2.94. The molecule has 2 unspecified atom stereocenters. The molecule has 2 atom stereocenters. The Morgan fingerprint density at radius 3 is 2.55 bits per heavy atom. The molecular weight excluding hydrogens is 260 g/mol. The van der Waals surface area contributed by atoms with Crippen LogP contribution >= 0.6 is 0 Å². The molecule has 5 heteroatoms. The van der Waals surface area contributed by atoms with E-state index < -0.39 is 11.6 Å². The molecule has 0 saturated carbocycles. The number of fused-ring (bicyclic) bond motifs is 1. The van der Waals surface area contributed by atoms with Crippen LogP contribution < -0.4 is 10.6 Å². The molecule has 2 heterocycles. The summed E-state index contributed by atoms with van der Waals surface area (Å²) in [5, 5.41) is 0. The molecule has 110 valence electrons. The molecule has 2 fully saturated rings. The van der Waals surface area contributed by atoms with Crippen molar-refractivity contribution in [2.75, 3.05) is 30.3 Å². The second-order valence-corrected chi connectivity index (χ2v) is 5.98. The average molecular weight is 281 g/mol. The second-order valence-electron chi connectivity index (χ2n) is 5.98. The molecule has 3 nitrogen and oxygen atoms in total. The van der Waals surface area contributed by atoms with Crippen LogP contribution in [0.4, 0.5) is 20.2 Å². The fraction of sp³-hybridized carbons (Fsp3) is 0.600. The lowest BCUT2D eigenvalue weighted by atomic mass is 9.96. The van der Waals surface area contributed by atoms with Gasteiger partial charge in [-0.2, -0.15) is 0 Å². The number of hydrogen-bond acceptors (Lipinski definition) is 3. The summed E-state index contributed by atoms with van der Waals surface area (Å²) in [5.41, 5.74) is 5.70. The van der Waals surface area contributed by atoms with E-state index in [1.54, 1.807) is 0 Å². The third-order valence-corrected chi connectivity index (χ3v) is 4.51. The molecule has 2 aliphatic rings. The summed E-state index contributed by atoms with van der Waals surface area (Å²) in [7, 11) is 0. The predicted octanol–water partition coefficient (Wildman–Crippen LogP) is 2.61. The fourth-order valence-electron chi connectivity index (χ4n) is 3.52. The third-order valence-electron chi connectivity index (χ3n) is 4.51. The lowest BCUT2D eigenvalue weighted by Gasteiger charge is -2.48. The predicted molar refractivity (Wildman–Crippen MR) is 76.8 cm³/mol. The molecule has 0 radical (unpaired) electrons. The summed E-state index contributed by atoms with van der Waals surface area (Å²) in [6.45, 7) is 4.70. The molecule has 1 aromatic rings. The Morgan fingerprint density at radius 1 is 1.15 bits per heavy atom. The highest BCUT2D eigenvalue weighted by molar-refractivity contribution is 5.57. The van der Waals surface area contributed by atoms with E-state index in [1.165, 1.54) is 25.0 Å². The zero-order chi connectivity index (χ0) is 14.3. The van der Waals surface area contributed by atoms with Gasteiger partial charge in [-0.25, -0.2) is 8.78 Å². The maximum atomic E-state index is 14.1. The van der Waals surface area contributed by atoms with Crippen molar-refractivity contribution in [3.8, 4) is 0 Å². The number of nitrogens with zero attached hydrogens (tertiary/aromatic N) is 2. The number of nitrogens with two attached hydrogens (primary N) is 1. The topological polar surface area (TPSA) is 32.5 Å². The summed E-state index contributed by atoms with van der Waals surface area (Å²) < 4.78 is 28.2. The number of anilines is 2. The standard InChI is InChI=1S/C15H21F2N3/c1-10-8-19-5-3-2-4-12(19)9-20(10)15-13(16)6-11(18)7-14(15)17/h6-7,10,12H,2-5,8-9,18H2,1H3. The Labute approximate surface area is 118 Å². The molecule has 2 saturated heterocycles. The first-order valence-corrected chi connectivity index (χ1v) is 7.31. The number of benzene rings is 1. The molecule has 0 bridgehead atoms. The monoisotopic (exact) mass is 281 g/mol. The summed E-state index contributed by atoms with van der Waals surface area (Å²) in [5.74, 6) is -1.11. The van der Waals surface area contributed by atoms with Gasteiger partial charge in [-0.15, -0.1) is 0 Å². The third kappa shape index (κ3) is 2.35. The normalized spacial score (nSPS) is 27.4. The summed E-state index contributed by atoms with van der Waals surface area (Å²) in [6.07, 6.45) is 3.55. The molecule has 3 rings (SSSR count). The van der Waals surface area contributed by atoms with Crippen LogP contribution in [0.2, 0.25) is 0 Å². The van der Waals surface area contributed by atoms with Crippen molar-refractivity contribution in [3.63, 3.8) is 0 Å². The first kappa shape index (κ1) is 13.6. The lowest BCUT2D eigenvalue weighted by molar-refractivity contribution is 0.115. The number of halogens is 2. The van der Waals surface area contributed by atoms with E-state index in [9.17, 15) is 8.78 Å². The molecular formula is C15H21F2N3. The van der Waals surface area contributed by atoms with E-state index in [-0.39, 0.29) is 17.4 Å². The van der Waals surface area contributed by atoms with Gasteiger partial charge in [0.2, 0.25) is 0 Å². The minimum Gasteiger partial charge on any atom is -0.399 e. The first-order chi connectivity index (χ1) is 9.56. The van der Waals surface area contributed by atoms with Gasteiger partial charge < -0.3 is 10.6 Å². The fourth-order valence-corrected chi connectivity index (χ4v) is 3.52. The van der Waals surface area contributed by atoms with E-state index >= 15 is 0 Å². The van der Waals surface area contributed by atoms with Crippen molar-refractivity contribution in [2.24, 2.45) is 0 Å². The minimum absolute atomic E-state index is 0.0805. The van der Waals surface area contributed by atoms with Crippen LogP contribution in [0.15, 0.2) is 12.1 Å². The van der Waals surface area contributed by atoms with Crippen molar-refractivity contribution < 1.29 is 8.78 Å². The second kappa shape index (κ2) is 5.20. The van der Waals surface area contributed by atoms with Crippen molar-refractivity contribution >= 4 is 11.4 Å². The zero-order valence-corrected chi connectivity index (χ0v) is 11.8. The van der Waals surface area contributed by atoms with Gasteiger partial charge in [-0.1, -0.05) is 6.42 Å². The van der Waals surface area contributed by atoms with E-state index in [4.69, 9.17) is 5.73 Å². The molecule has 20 heavy (non-hydrogen) atoms. The number of piperidine rings is 1. The molecule has 0 aliphatic carbocycles. The maximum Gasteiger partial charge on any atom is 0.151 e. The Morgan fingerprint density at radius 2 is 1.85 bits per heavy atom. The Hall–Kier alpha value is -1.36. The quantitative estimate of drug-likeness (QED) is 0.803. The van der Waals surface area contributed by atoms with Crippen molar-refractivity contribution in [3.05, 3.63) is 23.8 Å². The SMILES string of the molecule is CC1CN2CCCCC2CN1c1c(F)cc(N)cc1F.